The number of hydrogen-bond acceptors (Lipinski definition) is 0. The van der Waals surface area contributed by atoms with Gasteiger partial charge < -0.3 is 0 Å². The topological polar surface area (TPSA) is 0 Å². The Morgan fingerprint density at radius 3 is 2.00 bits per heavy atom. The van der Waals surface area contributed by atoms with E-state index >= 15 is 0 Å². The largest absolute Gasteiger partial charge is 0.0999 e. The number of allylic oxidation sites excluding steroid dienone is 1. The van der Waals surface area contributed by atoms with Crippen LogP contribution in [0.5, 0.6) is 0 Å². The predicted molar refractivity (Wildman–Crippen MR) is 57.2 cm³/mol. The molecule has 0 radical (unpaired) electrons. The van der Waals surface area contributed by atoms with E-state index in [1.807, 2.05) is 0 Å². The van der Waals surface area contributed by atoms with E-state index in [1.165, 1.54) is 18.4 Å². The van der Waals surface area contributed by atoms with Crippen molar-refractivity contribution in [3.63, 3.8) is 0 Å². The minimum atomic E-state index is 0.685. The molecule has 0 spiro atoms. The summed E-state index contributed by atoms with van der Waals surface area (Å²) in [6, 6.07) is 0. The third-order valence-corrected chi connectivity index (χ3v) is 2.90. The lowest BCUT2D eigenvalue weighted by atomic mass is 9.78. The molecule has 0 nitrogen and oxygen atoms in total. The summed E-state index contributed by atoms with van der Waals surface area (Å²) < 4.78 is 0. The molecule has 0 heteroatoms. The molecule has 0 aromatic rings. The highest BCUT2D eigenvalue weighted by molar-refractivity contribution is 4.97. The maximum atomic E-state index is 4.04. The van der Waals surface area contributed by atoms with Crippen molar-refractivity contribution in [1.82, 2.24) is 0 Å². The molecule has 0 aliphatic heterocycles. The molecule has 72 valence electrons. The Morgan fingerprint density at radius 2 is 1.75 bits per heavy atom. The Hall–Kier alpha value is -0.260. The Kier molecular flexibility index (Phi) is 5.28. The summed E-state index contributed by atoms with van der Waals surface area (Å²) in [5, 5.41) is 0. The van der Waals surface area contributed by atoms with Crippen molar-refractivity contribution in [2.75, 3.05) is 0 Å². The third-order valence-electron chi connectivity index (χ3n) is 2.90. The predicted octanol–water partition coefficient (Wildman–Crippen LogP) is 4.27. The molecule has 0 aromatic heterocycles. The van der Waals surface area contributed by atoms with Crippen molar-refractivity contribution < 1.29 is 0 Å². The summed E-state index contributed by atoms with van der Waals surface area (Å²) in [4.78, 5) is 0. The standard InChI is InChI=1S/C12H24/c1-7-8-12(10(4)5)11(6)9(2)3/h10-12H,2,7-8H2,1,3-6H3. The lowest BCUT2D eigenvalue weighted by molar-refractivity contribution is 0.280. The zero-order chi connectivity index (χ0) is 9.72. The smallest absolute Gasteiger partial charge is 0.0206 e. The first-order valence-corrected chi connectivity index (χ1v) is 5.16. The fourth-order valence-corrected chi connectivity index (χ4v) is 1.86. The second kappa shape index (κ2) is 5.40. The van der Waals surface area contributed by atoms with Gasteiger partial charge in [0.1, 0.15) is 0 Å². The van der Waals surface area contributed by atoms with Gasteiger partial charge in [0.25, 0.3) is 0 Å². The van der Waals surface area contributed by atoms with Crippen molar-refractivity contribution >= 4 is 0 Å². The summed E-state index contributed by atoms with van der Waals surface area (Å²) in [7, 11) is 0. The lowest BCUT2D eigenvalue weighted by Gasteiger charge is -2.27. The van der Waals surface area contributed by atoms with Gasteiger partial charge in [0.15, 0.2) is 0 Å². The van der Waals surface area contributed by atoms with Crippen LogP contribution in [0.15, 0.2) is 12.2 Å². The molecule has 0 aliphatic rings. The quantitative estimate of drug-likeness (QED) is 0.538. The SMILES string of the molecule is C=C(C)C(C)C(CCC)C(C)C. The van der Waals surface area contributed by atoms with Crippen LogP contribution in [-0.2, 0) is 0 Å². The van der Waals surface area contributed by atoms with E-state index in [1.54, 1.807) is 0 Å². The maximum Gasteiger partial charge on any atom is -0.0206 e. The zero-order valence-electron chi connectivity index (χ0n) is 9.35. The molecule has 0 aliphatic carbocycles. The first-order valence-electron chi connectivity index (χ1n) is 5.16. The minimum absolute atomic E-state index is 0.685. The van der Waals surface area contributed by atoms with E-state index < -0.39 is 0 Å². The van der Waals surface area contributed by atoms with Crippen LogP contribution in [0.25, 0.3) is 0 Å². The van der Waals surface area contributed by atoms with E-state index in [9.17, 15) is 0 Å². The summed E-state index contributed by atoms with van der Waals surface area (Å²) in [6.07, 6.45) is 2.63. The zero-order valence-corrected chi connectivity index (χ0v) is 9.35. The summed E-state index contributed by atoms with van der Waals surface area (Å²) >= 11 is 0. The average Bonchev–Trinajstić information content (AvgIpc) is 1.98. The molecule has 0 amide bonds. The van der Waals surface area contributed by atoms with Gasteiger partial charge in [0.2, 0.25) is 0 Å². The molecule has 12 heavy (non-hydrogen) atoms. The molecule has 0 bridgehead atoms. The van der Waals surface area contributed by atoms with Gasteiger partial charge in [-0.2, -0.15) is 0 Å². The van der Waals surface area contributed by atoms with Gasteiger partial charge >= 0.3 is 0 Å². The molecule has 2 unspecified atom stereocenters. The molecular weight excluding hydrogens is 144 g/mol. The van der Waals surface area contributed by atoms with Crippen LogP contribution in [0.1, 0.15) is 47.5 Å². The first-order chi connectivity index (χ1) is 5.50. The Labute approximate surface area is 78.1 Å². The van der Waals surface area contributed by atoms with Gasteiger partial charge in [0.05, 0.1) is 0 Å². The maximum absolute atomic E-state index is 4.04. The van der Waals surface area contributed by atoms with E-state index in [0.717, 1.165) is 11.8 Å². The summed E-state index contributed by atoms with van der Waals surface area (Å²) in [5.74, 6) is 2.30. The first kappa shape index (κ1) is 11.7. The summed E-state index contributed by atoms with van der Waals surface area (Å²) in [5.41, 5.74) is 1.34. The molecular formula is C12H24. The second-order valence-corrected chi connectivity index (χ2v) is 4.33. The molecule has 0 heterocycles. The highest BCUT2D eigenvalue weighted by atomic mass is 14.2. The number of hydrogen-bond donors (Lipinski definition) is 0. The Balaban J connectivity index is 4.18. The average molecular weight is 168 g/mol. The third kappa shape index (κ3) is 3.42. The van der Waals surface area contributed by atoms with Crippen molar-refractivity contribution in [1.29, 1.82) is 0 Å². The van der Waals surface area contributed by atoms with Crippen LogP contribution in [0.2, 0.25) is 0 Å². The molecule has 0 rings (SSSR count). The summed E-state index contributed by atoms with van der Waals surface area (Å²) in [6.45, 7) is 15.4. The monoisotopic (exact) mass is 168 g/mol. The van der Waals surface area contributed by atoms with Crippen molar-refractivity contribution in [3.05, 3.63) is 12.2 Å². The minimum Gasteiger partial charge on any atom is -0.0999 e. The van der Waals surface area contributed by atoms with Gasteiger partial charge in [0, 0.05) is 0 Å². The van der Waals surface area contributed by atoms with Gasteiger partial charge in [-0.3, -0.25) is 0 Å². The van der Waals surface area contributed by atoms with Gasteiger partial charge in [-0.1, -0.05) is 46.3 Å². The van der Waals surface area contributed by atoms with Crippen molar-refractivity contribution in [2.45, 2.75) is 47.5 Å². The number of rotatable bonds is 5. The fourth-order valence-electron chi connectivity index (χ4n) is 1.86. The van der Waals surface area contributed by atoms with Gasteiger partial charge in [-0.05, 0) is 31.1 Å². The van der Waals surface area contributed by atoms with E-state index in [0.29, 0.717) is 5.92 Å². The van der Waals surface area contributed by atoms with Gasteiger partial charge in [-0.25, -0.2) is 0 Å². The molecule has 0 saturated heterocycles. The molecule has 0 N–H and O–H groups in total. The van der Waals surface area contributed by atoms with E-state index in [-0.39, 0.29) is 0 Å². The van der Waals surface area contributed by atoms with E-state index in [4.69, 9.17) is 0 Å². The van der Waals surface area contributed by atoms with Crippen LogP contribution in [0.4, 0.5) is 0 Å². The lowest BCUT2D eigenvalue weighted by Crippen LogP contribution is -2.18. The highest BCUT2D eigenvalue weighted by Crippen LogP contribution is 2.29. The fraction of sp³-hybridized carbons (Fsp3) is 0.833. The Bertz CT molecular complexity index is 133. The Morgan fingerprint density at radius 1 is 1.25 bits per heavy atom. The van der Waals surface area contributed by atoms with Crippen LogP contribution >= 0.6 is 0 Å². The van der Waals surface area contributed by atoms with Crippen LogP contribution in [0, 0.1) is 17.8 Å². The van der Waals surface area contributed by atoms with E-state index in [2.05, 4.69) is 41.2 Å². The molecule has 0 fully saturated rings. The van der Waals surface area contributed by atoms with Gasteiger partial charge in [-0.15, -0.1) is 0 Å². The van der Waals surface area contributed by atoms with Crippen molar-refractivity contribution in [2.24, 2.45) is 17.8 Å². The van der Waals surface area contributed by atoms with Crippen LogP contribution < -0.4 is 0 Å². The van der Waals surface area contributed by atoms with Crippen LogP contribution in [0.3, 0.4) is 0 Å². The second-order valence-electron chi connectivity index (χ2n) is 4.33. The highest BCUT2D eigenvalue weighted by Gasteiger charge is 2.19. The molecule has 0 saturated carbocycles. The molecule has 2 atom stereocenters. The van der Waals surface area contributed by atoms with Crippen LogP contribution in [-0.4, -0.2) is 0 Å². The van der Waals surface area contributed by atoms with Crippen molar-refractivity contribution in [3.8, 4) is 0 Å². The molecule has 0 aromatic carbocycles. The normalized spacial score (nSPS) is 16.2.